The molecule has 0 aromatic rings. The Labute approximate surface area is 220 Å². The predicted molar refractivity (Wildman–Crippen MR) is 69.8 cm³/mol. The van der Waals surface area contributed by atoms with Crippen molar-refractivity contribution in [1.29, 1.82) is 0 Å². The third-order valence-corrected chi connectivity index (χ3v) is 5.15. The monoisotopic (exact) mass is 668 g/mol. The van der Waals surface area contributed by atoms with Gasteiger partial charge in [0, 0.05) is 0 Å². The first-order chi connectivity index (χ1) is 15.9. The molecule has 3 nitrogen and oxygen atoms in total. The van der Waals surface area contributed by atoms with Crippen LogP contribution >= 0.6 is 0 Å². The van der Waals surface area contributed by atoms with Crippen molar-refractivity contribution in [3.05, 3.63) is 0 Å². The summed E-state index contributed by atoms with van der Waals surface area (Å²) >= 11 is 0. The van der Waals surface area contributed by atoms with E-state index in [0.717, 1.165) is 0 Å². The SMILES string of the molecule is O=S(=O)([O-])C(F)(F)C(F)(F)C(F)(F)C(F)(F)C(F)(F)C(F)(F)C(F)(F)C(F)(F)C(F)(F)C(F)CC(F)(F)F.[Na+]. The number of rotatable bonds is 11. The zero-order valence-corrected chi connectivity index (χ0v) is 20.0. The second-order valence-corrected chi connectivity index (χ2v) is 8.32. The summed E-state index contributed by atoms with van der Waals surface area (Å²) < 4.78 is 318. The van der Waals surface area contributed by atoms with Crippen molar-refractivity contribution in [3.8, 4) is 0 Å². The Kier molecular flexibility index (Phi) is 10.7. The number of halogens is 22. The van der Waals surface area contributed by atoms with Crippen LogP contribution in [0.5, 0.6) is 0 Å². The molecule has 0 aliphatic heterocycles. The summed E-state index contributed by atoms with van der Waals surface area (Å²) in [6.07, 6.45) is -16.1. The Balaban J connectivity index is 0. The maximum Gasteiger partial charge on any atom is 1.00 e. The molecular weight excluding hydrogens is 665 g/mol. The van der Waals surface area contributed by atoms with Gasteiger partial charge in [0.05, 0.1) is 6.42 Å². The first-order valence-corrected chi connectivity index (χ1v) is 9.35. The Morgan fingerprint density at radius 2 is 0.718 bits per heavy atom. The van der Waals surface area contributed by atoms with Crippen LogP contribution in [-0.4, -0.2) is 78.0 Å². The van der Waals surface area contributed by atoms with Crippen molar-refractivity contribution in [2.75, 3.05) is 0 Å². The van der Waals surface area contributed by atoms with Crippen LogP contribution in [0.25, 0.3) is 0 Å². The molecule has 0 aromatic carbocycles. The third-order valence-electron chi connectivity index (χ3n) is 4.27. The minimum absolute atomic E-state index is 0. The molecule has 0 heterocycles. The van der Waals surface area contributed by atoms with Gasteiger partial charge < -0.3 is 4.55 Å². The van der Waals surface area contributed by atoms with E-state index in [4.69, 9.17) is 0 Å². The molecule has 27 heteroatoms. The van der Waals surface area contributed by atoms with E-state index in [1.54, 1.807) is 0 Å². The van der Waals surface area contributed by atoms with E-state index in [0.29, 0.717) is 0 Å². The molecule has 0 bridgehead atoms. The van der Waals surface area contributed by atoms with E-state index in [1.807, 2.05) is 0 Å². The summed E-state index contributed by atoms with van der Waals surface area (Å²) in [6, 6.07) is 0. The van der Waals surface area contributed by atoms with Crippen LogP contribution in [0.15, 0.2) is 0 Å². The largest absolute Gasteiger partial charge is 1.00 e. The van der Waals surface area contributed by atoms with Gasteiger partial charge in [0.1, 0.15) is 0 Å². The second kappa shape index (κ2) is 10.3. The molecule has 0 spiro atoms. The molecule has 0 N–H and O–H groups in total. The first kappa shape index (κ1) is 40.5. The maximum absolute atomic E-state index is 13.5. The molecular formula is C12H3F22NaO3S. The summed E-state index contributed by atoms with van der Waals surface area (Å²) in [7, 11) is -8.36. The Hall–Kier alpha value is -0.630. The summed E-state index contributed by atoms with van der Waals surface area (Å²) in [5.74, 6) is -71.7. The van der Waals surface area contributed by atoms with E-state index in [9.17, 15) is 110 Å². The average molecular weight is 668 g/mol. The first-order valence-electron chi connectivity index (χ1n) is 7.94. The zero-order chi connectivity index (χ0) is 31.8. The molecule has 0 aliphatic carbocycles. The van der Waals surface area contributed by atoms with Crippen LogP contribution in [-0.2, 0) is 10.1 Å². The standard InChI is InChI=1S/C12H4F22O3S.Na/c13-2(1-3(14,15)16)4(17,18)5(19,20)6(21,22)7(23,24)8(25,26)9(27,28)10(29,30)11(31,32)12(33,34)38(35,36)37;/h2H,1H2,(H,35,36,37);/q;+1/p-1. The van der Waals surface area contributed by atoms with Crippen molar-refractivity contribution in [1.82, 2.24) is 0 Å². The molecule has 0 saturated carbocycles. The van der Waals surface area contributed by atoms with Crippen molar-refractivity contribution < 1.29 is 139 Å². The molecule has 0 radical (unpaired) electrons. The molecule has 0 saturated heterocycles. The van der Waals surface area contributed by atoms with Gasteiger partial charge in [-0.25, -0.2) is 12.8 Å². The molecule has 0 rings (SSSR count). The molecule has 1 atom stereocenters. The van der Waals surface area contributed by atoms with Crippen LogP contribution in [0.2, 0.25) is 0 Å². The quantitative estimate of drug-likeness (QED) is 0.193. The number of hydrogen-bond donors (Lipinski definition) is 0. The van der Waals surface area contributed by atoms with Gasteiger partial charge in [-0.2, -0.15) is 92.2 Å². The molecule has 0 amide bonds. The van der Waals surface area contributed by atoms with Gasteiger partial charge in [0.25, 0.3) is 0 Å². The van der Waals surface area contributed by atoms with E-state index < -0.39 is 81.5 Å². The summed E-state index contributed by atoms with van der Waals surface area (Å²) in [5.41, 5.74) is 0. The Morgan fingerprint density at radius 1 is 0.487 bits per heavy atom. The van der Waals surface area contributed by atoms with Crippen molar-refractivity contribution in [2.45, 2.75) is 71.4 Å². The van der Waals surface area contributed by atoms with E-state index >= 15 is 0 Å². The second-order valence-electron chi connectivity index (χ2n) is 6.90. The van der Waals surface area contributed by atoms with E-state index in [1.165, 1.54) is 0 Å². The van der Waals surface area contributed by atoms with Crippen molar-refractivity contribution >= 4 is 10.1 Å². The van der Waals surface area contributed by atoms with Gasteiger partial charge in [0.2, 0.25) is 0 Å². The normalized spacial score (nSPS) is 17.1. The number of hydrogen-bond acceptors (Lipinski definition) is 3. The van der Waals surface area contributed by atoms with Crippen molar-refractivity contribution in [3.63, 3.8) is 0 Å². The van der Waals surface area contributed by atoms with Crippen LogP contribution in [0.1, 0.15) is 6.42 Å². The molecule has 0 fully saturated rings. The Bertz CT molecular complexity index is 985. The van der Waals surface area contributed by atoms with Gasteiger partial charge in [0.15, 0.2) is 16.3 Å². The minimum atomic E-state index is -9.38. The minimum Gasteiger partial charge on any atom is -0.743 e. The summed E-state index contributed by atoms with van der Waals surface area (Å²) in [4.78, 5) is 0. The molecule has 1 unspecified atom stereocenters. The maximum atomic E-state index is 13.5. The van der Waals surface area contributed by atoms with Gasteiger partial charge in [-0.05, 0) is 0 Å². The van der Waals surface area contributed by atoms with Gasteiger partial charge >= 0.3 is 88.4 Å². The Morgan fingerprint density at radius 3 is 0.949 bits per heavy atom. The fraction of sp³-hybridized carbons (Fsp3) is 1.00. The van der Waals surface area contributed by atoms with E-state index in [2.05, 4.69) is 0 Å². The van der Waals surface area contributed by atoms with Gasteiger partial charge in [-0.3, -0.25) is 0 Å². The fourth-order valence-corrected chi connectivity index (χ4v) is 2.51. The molecule has 39 heavy (non-hydrogen) atoms. The van der Waals surface area contributed by atoms with E-state index in [-0.39, 0.29) is 29.6 Å². The van der Waals surface area contributed by atoms with Crippen molar-refractivity contribution in [2.24, 2.45) is 0 Å². The fourth-order valence-electron chi connectivity index (χ4n) is 2.06. The predicted octanol–water partition coefficient (Wildman–Crippen LogP) is 3.50. The van der Waals surface area contributed by atoms with Crippen LogP contribution in [0.3, 0.4) is 0 Å². The summed E-state index contributed by atoms with van der Waals surface area (Å²) in [5, 5.41) is -8.18. The smallest absolute Gasteiger partial charge is 0.743 e. The van der Waals surface area contributed by atoms with Crippen LogP contribution in [0.4, 0.5) is 96.6 Å². The molecule has 0 aliphatic rings. The number of alkyl halides is 22. The molecule has 0 aromatic heterocycles. The summed E-state index contributed by atoms with van der Waals surface area (Å²) in [6.45, 7) is 0. The van der Waals surface area contributed by atoms with Crippen LogP contribution < -0.4 is 29.6 Å². The third kappa shape index (κ3) is 5.60. The topological polar surface area (TPSA) is 57.2 Å². The zero-order valence-electron chi connectivity index (χ0n) is 17.2. The van der Waals surface area contributed by atoms with Gasteiger partial charge in [-0.1, -0.05) is 0 Å². The molecule has 230 valence electrons. The average Bonchev–Trinajstić information content (AvgIpc) is 2.64. The van der Waals surface area contributed by atoms with Crippen LogP contribution in [0, 0.1) is 0 Å². The van der Waals surface area contributed by atoms with Gasteiger partial charge in [-0.15, -0.1) is 0 Å².